The fourth-order valence-electron chi connectivity index (χ4n) is 2.85. The van der Waals surface area contributed by atoms with Crippen molar-refractivity contribution < 1.29 is 8.42 Å². The summed E-state index contributed by atoms with van der Waals surface area (Å²) in [6.45, 7) is 6.91. The second-order valence-electron chi connectivity index (χ2n) is 5.93. The molecule has 2 fully saturated rings. The molecule has 1 unspecified atom stereocenters. The van der Waals surface area contributed by atoms with Crippen LogP contribution in [0, 0.1) is 5.92 Å². The van der Waals surface area contributed by atoms with Crippen LogP contribution in [-0.4, -0.2) is 57.0 Å². The largest absolute Gasteiger partial charge is 0.313 e. The summed E-state index contributed by atoms with van der Waals surface area (Å²) in [7, 11) is -2.73. The number of nitrogens with zero attached hydrogens (tertiary/aromatic N) is 1. The summed E-state index contributed by atoms with van der Waals surface area (Å²) < 4.78 is 22.6. The summed E-state index contributed by atoms with van der Waals surface area (Å²) in [5.41, 5.74) is 0. The van der Waals surface area contributed by atoms with Gasteiger partial charge in [0, 0.05) is 6.04 Å². The minimum absolute atomic E-state index is 0.205. The van der Waals surface area contributed by atoms with Crippen molar-refractivity contribution in [3.8, 4) is 0 Å². The number of sulfone groups is 1. The van der Waals surface area contributed by atoms with Gasteiger partial charge in [-0.3, -0.25) is 0 Å². The molecule has 2 aliphatic heterocycles. The molecule has 106 valence electrons. The SMILES string of the molecule is CC1CCN(CCCNC2CCS(=O)(=O)C2)CC1. The Bertz CT molecular complexity index is 348. The lowest BCUT2D eigenvalue weighted by molar-refractivity contribution is 0.190. The molecule has 0 aromatic carbocycles. The summed E-state index contributed by atoms with van der Waals surface area (Å²) in [6, 6.07) is 0.205. The van der Waals surface area contributed by atoms with Gasteiger partial charge >= 0.3 is 0 Å². The maximum Gasteiger partial charge on any atom is 0.151 e. The summed E-state index contributed by atoms with van der Waals surface area (Å²) in [4.78, 5) is 2.53. The molecule has 5 heteroatoms. The number of hydrogen-bond acceptors (Lipinski definition) is 4. The second-order valence-corrected chi connectivity index (χ2v) is 8.16. The van der Waals surface area contributed by atoms with Crippen LogP contribution in [0.1, 0.15) is 32.6 Å². The van der Waals surface area contributed by atoms with E-state index in [1.54, 1.807) is 0 Å². The minimum atomic E-state index is -2.73. The fourth-order valence-corrected chi connectivity index (χ4v) is 4.56. The first-order valence-corrected chi connectivity index (χ1v) is 9.03. The molecule has 18 heavy (non-hydrogen) atoms. The zero-order valence-corrected chi connectivity index (χ0v) is 12.2. The van der Waals surface area contributed by atoms with Crippen LogP contribution in [0.3, 0.4) is 0 Å². The van der Waals surface area contributed by atoms with Gasteiger partial charge in [-0.1, -0.05) is 6.92 Å². The summed E-state index contributed by atoms with van der Waals surface area (Å²) in [5.74, 6) is 1.60. The first-order chi connectivity index (χ1) is 8.55. The fraction of sp³-hybridized carbons (Fsp3) is 1.00. The molecular weight excluding hydrogens is 248 g/mol. The molecule has 1 N–H and O–H groups in total. The van der Waals surface area contributed by atoms with E-state index in [1.807, 2.05) is 0 Å². The van der Waals surface area contributed by atoms with E-state index >= 15 is 0 Å². The Labute approximate surface area is 111 Å². The Morgan fingerprint density at radius 3 is 2.56 bits per heavy atom. The third-order valence-corrected chi connectivity index (χ3v) is 5.96. The van der Waals surface area contributed by atoms with E-state index in [2.05, 4.69) is 17.1 Å². The smallest absolute Gasteiger partial charge is 0.151 e. The van der Waals surface area contributed by atoms with Crippen LogP contribution in [0.15, 0.2) is 0 Å². The Balaban J connectivity index is 1.54. The van der Waals surface area contributed by atoms with Crippen LogP contribution in [-0.2, 0) is 9.84 Å². The Hall–Kier alpha value is -0.130. The summed E-state index contributed by atoms with van der Waals surface area (Å²) in [5, 5.41) is 3.38. The van der Waals surface area contributed by atoms with Crippen LogP contribution in [0.25, 0.3) is 0 Å². The lowest BCUT2D eigenvalue weighted by Crippen LogP contribution is -2.36. The van der Waals surface area contributed by atoms with E-state index in [0.29, 0.717) is 11.5 Å². The molecule has 0 aromatic rings. The van der Waals surface area contributed by atoms with Gasteiger partial charge in [0.25, 0.3) is 0 Å². The molecule has 0 aliphatic carbocycles. The highest BCUT2D eigenvalue weighted by Crippen LogP contribution is 2.16. The van der Waals surface area contributed by atoms with Crippen LogP contribution in [0.4, 0.5) is 0 Å². The maximum absolute atomic E-state index is 11.3. The van der Waals surface area contributed by atoms with Crippen molar-refractivity contribution in [3.63, 3.8) is 0 Å². The number of hydrogen-bond donors (Lipinski definition) is 1. The molecule has 2 aliphatic rings. The maximum atomic E-state index is 11.3. The third-order valence-electron chi connectivity index (χ3n) is 4.19. The van der Waals surface area contributed by atoms with E-state index in [0.717, 1.165) is 31.8 Å². The topological polar surface area (TPSA) is 49.4 Å². The molecule has 4 nitrogen and oxygen atoms in total. The first kappa shape index (κ1) is 14.3. The average molecular weight is 274 g/mol. The van der Waals surface area contributed by atoms with Crippen molar-refractivity contribution in [1.82, 2.24) is 10.2 Å². The minimum Gasteiger partial charge on any atom is -0.313 e. The molecule has 2 heterocycles. The highest BCUT2D eigenvalue weighted by molar-refractivity contribution is 7.91. The second kappa shape index (κ2) is 6.35. The van der Waals surface area contributed by atoms with E-state index in [-0.39, 0.29) is 6.04 Å². The molecule has 0 bridgehead atoms. The molecule has 0 saturated carbocycles. The summed E-state index contributed by atoms with van der Waals surface area (Å²) in [6.07, 6.45) is 4.58. The van der Waals surface area contributed by atoms with E-state index in [4.69, 9.17) is 0 Å². The van der Waals surface area contributed by atoms with Crippen molar-refractivity contribution in [2.75, 3.05) is 37.7 Å². The van der Waals surface area contributed by atoms with Crippen LogP contribution >= 0.6 is 0 Å². The van der Waals surface area contributed by atoms with Gasteiger partial charge < -0.3 is 10.2 Å². The number of piperidine rings is 1. The zero-order valence-electron chi connectivity index (χ0n) is 11.4. The van der Waals surface area contributed by atoms with Crippen LogP contribution in [0.2, 0.25) is 0 Å². The first-order valence-electron chi connectivity index (χ1n) is 7.21. The van der Waals surface area contributed by atoms with Gasteiger partial charge in [-0.25, -0.2) is 8.42 Å². The van der Waals surface area contributed by atoms with Crippen LogP contribution < -0.4 is 5.32 Å². The average Bonchev–Trinajstić information content (AvgIpc) is 2.67. The molecule has 1 atom stereocenters. The van der Waals surface area contributed by atoms with Crippen LogP contribution in [0.5, 0.6) is 0 Å². The zero-order chi connectivity index (χ0) is 13.0. The molecule has 2 rings (SSSR count). The summed E-state index contributed by atoms with van der Waals surface area (Å²) >= 11 is 0. The predicted molar refractivity (Wildman–Crippen MR) is 74.5 cm³/mol. The quantitative estimate of drug-likeness (QED) is 0.756. The monoisotopic (exact) mass is 274 g/mol. The Morgan fingerprint density at radius 2 is 1.94 bits per heavy atom. The van der Waals surface area contributed by atoms with Gasteiger partial charge in [0.1, 0.15) is 0 Å². The van der Waals surface area contributed by atoms with E-state index in [1.165, 1.54) is 25.9 Å². The van der Waals surface area contributed by atoms with Gasteiger partial charge in [-0.15, -0.1) is 0 Å². The highest BCUT2D eigenvalue weighted by atomic mass is 32.2. The van der Waals surface area contributed by atoms with Gasteiger partial charge in [0.05, 0.1) is 11.5 Å². The normalized spacial score (nSPS) is 29.7. The van der Waals surface area contributed by atoms with E-state index in [9.17, 15) is 8.42 Å². The van der Waals surface area contributed by atoms with Crippen molar-refractivity contribution in [2.24, 2.45) is 5.92 Å². The lowest BCUT2D eigenvalue weighted by atomic mass is 9.99. The predicted octanol–water partition coefficient (Wildman–Crippen LogP) is 0.885. The molecular formula is C13H26N2O2S. The molecule has 2 saturated heterocycles. The van der Waals surface area contributed by atoms with Crippen molar-refractivity contribution >= 4 is 9.84 Å². The third kappa shape index (κ3) is 4.52. The standard InChI is InChI=1S/C13H26N2O2S/c1-12-3-8-15(9-4-12)7-2-6-14-13-5-10-18(16,17)11-13/h12-14H,2-11H2,1H3. The Kier molecular flexibility index (Phi) is 5.04. The highest BCUT2D eigenvalue weighted by Gasteiger charge is 2.27. The number of rotatable bonds is 5. The molecule has 0 aromatic heterocycles. The van der Waals surface area contributed by atoms with Gasteiger partial charge in [0.15, 0.2) is 9.84 Å². The molecule has 0 spiro atoms. The van der Waals surface area contributed by atoms with Crippen molar-refractivity contribution in [2.45, 2.75) is 38.6 Å². The number of likely N-dealkylation sites (tertiary alicyclic amines) is 1. The molecule has 0 amide bonds. The van der Waals surface area contributed by atoms with Gasteiger partial charge in [-0.05, 0) is 57.8 Å². The van der Waals surface area contributed by atoms with Crippen molar-refractivity contribution in [3.05, 3.63) is 0 Å². The van der Waals surface area contributed by atoms with Crippen molar-refractivity contribution in [1.29, 1.82) is 0 Å². The lowest BCUT2D eigenvalue weighted by Gasteiger charge is -2.30. The Morgan fingerprint density at radius 1 is 1.22 bits per heavy atom. The van der Waals surface area contributed by atoms with E-state index < -0.39 is 9.84 Å². The molecule has 0 radical (unpaired) electrons. The number of nitrogens with one attached hydrogen (secondary N) is 1. The van der Waals surface area contributed by atoms with Gasteiger partial charge in [-0.2, -0.15) is 0 Å². The van der Waals surface area contributed by atoms with Gasteiger partial charge in [0.2, 0.25) is 0 Å².